The van der Waals surface area contributed by atoms with Crippen molar-refractivity contribution in [3.8, 4) is 0 Å². The number of likely N-dealkylation sites (tertiary alicyclic amines) is 1. The van der Waals surface area contributed by atoms with E-state index in [0.717, 1.165) is 30.8 Å². The molecule has 2 heterocycles. The Bertz CT molecular complexity index is 692. The lowest BCUT2D eigenvalue weighted by Crippen LogP contribution is -2.58. The number of hydrogen-bond acceptors (Lipinski definition) is 5. The van der Waals surface area contributed by atoms with E-state index in [9.17, 15) is 9.90 Å². The molecular weight excluding hydrogens is 346 g/mol. The molecule has 2 aromatic rings. The fourth-order valence-electron chi connectivity index (χ4n) is 3.61. The summed E-state index contributed by atoms with van der Waals surface area (Å²) in [5.41, 5.74) is 0.00666. The first kappa shape index (κ1) is 19.0. The van der Waals surface area contributed by atoms with Gasteiger partial charge >= 0.3 is 0 Å². The zero-order valence-electron chi connectivity index (χ0n) is 15.3. The Labute approximate surface area is 159 Å². The molecule has 26 heavy (non-hydrogen) atoms. The van der Waals surface area contributed by atoms with Crippen molar-refractivity contribution >= 4 is 17.2 Å². The third kappa shape index (κ3) is 4.90. The lowest BCUT2D eigenvalue weighted by atomic mass is 9.91. The van der Waals surface area contributed by atoms with Crippen molar-refractivity contribution in [3.05, 3.63) is 52.5 Å². The zero-order valence-corrected chi connectivity index (χ0v) is 16.1. The molecule has 1 N–H and O–H groups in total. The van der Waals surface area contributed by atoms with Crippen molar-refractivity contribution in [1.29, 1.82) is 0 Å². The highest BCUT2D eigenvalue weighted by atomic mass is 32.1. The molecule has 0 saturated carbocycles. The average Bonchev–Trinajstić information content (AvgIpc) is 3.12. The first-order chi connectivity index (χ1) is 12.6. The van der Waals surface area contributed by atoms with Crippen LogP contribution in [0.5, 0.6) is 0 Å². The maximum atomic E-state index is 12.9. The van der Waals surface area contributed by atoms with Gasteiger partial charge in [0, 0.05) is 31.2 Å². The topological polar surface area (TPSA) is 56.7 Å². The van der Waals surface area contributed by atoms with E-state index < -0.39 is 5.60 Å². The van der Waals surface area contributed by atoms with E-state index >= 15 is 0 Å². The molecule has 1 saturated heterocycles. The highest BCUT2D eigenvalue weighted by molar-refractivity contribution is 7.09. The third-order valence-corrected chi connectivity index (χ3v) is 5.62. The molecule has 0 aliphatic carbocycles. The summed E-state index contributed by atoms with van der Waals surface area (Å²) in [5, 5.41) is 13.9. The number of hydrogen-bond donors (Lipinski definition) is 1. The second-order valence-electron chi connectivity index (χ2n) is 7.11. The van der Waals surface area contributed by atoms with Gasteiger partial charge in [0.15, 0.2) is 5.60 Å². The number of thiazole rings is 1. The van der Waals surface area contributed by atoms with Gasteiger partial charge < -0.3 is 10.0 Å². The minimum absolute atomic E-state index is 0.122. The van der Waals surface area contributed by atoms with E-state index in [4.69, 9.17) is 0 Å². The first-order valence-electron chi connectivity index (χ1n) is 9.19. The van der Waals surface area contributed by atoms with Gasteiger partial charge in [-0.05, 0) is 38.3 Å². The number of piperidine rings is 1. The lowest BCUT2D eigenvalue weighted by molar-refractivity contribution is -0.159. The van der Waals surface area contributed by atoms with Crippen LogP contribution in [0, 0.1) is 0 Å². The number of nitrogens with zero attached hydrogens (tertiary/aromatic N) is 3. The molecule has 5 nitrogen and oxygen atoms in total. The van der Waals surface area contributed by atoms with Crippen LogP contribution in [-0.2, 0) is 17.8 Å². The molecule has 1 atom stereocenters. The summed E-state index contributed by atoms with van der Waals surface area (Å²) in [6, 6.07) is 10.3. The summed E-state index contributed by atoms with van der Waals surface area (Å²) in [4.78, 5) is 21.0. The van der Waals surface area contributed by atoms with Gasteiger partial charge in [-0.15, -0.1) is 11.3 Å². The van der Waals surface area contributed by atoms with Crippen LogP contribution in [0.1, 0.15) is 29.8 Å². The van der Waals surface area contributed by atoms with Gasteiger partial charge in [0.2, 0.25) is 0 Å². The minimum Gasteiger partial charge on any atom is -0.379 e. The Kier molecular flexibility index (Phi) is 6.40. The van der Waals surface area contributed by atoms with E-state index in [0.29, 0.717) is 26.1 Å². The molecule has 140 valence electrons. The number of aliphatic hydroxyl groups is 1. The SMILES string of the molecule is CN(Cc1nccs1)CC1(O)CCCN(CCCc2ccccc2)C1=O. The summed E-state index contributed by atoms with van der Waals surface area (Å²) in [7, 11) is 1.93. The number of carbonyl (C=O) groups excluding carboxylic acids is 1. The predicted octanol–water partition coefficient (Wildman–Crippen LogP) is 2.56. The fourth-order valence-corrected chi connectivity index (χ4v) is 4.30. The summed E-state index contributed by atoms with van der Waals surface area (Å²) >= 11 is 1.59. The highest BCUT2D eigenvalue weighted by Crippen LogP contribution is 2.25. The molecule has 1 aliphatic rings. The Morgan fingerprint density at radius 1 is 1.35 bits per heavy atom. The Morgan fingerprint density at radius 3 is 2.88 bits per heavy atom. The molecule has 1 unspecified atom stereocenters. The van der Waals surface area contributed by atoms with Gasteiger partial charge in [-0.25, -0.2) is 4.98 Å². The first-order valence-corrected chi connectivity index (χ1v) is 10.1. The maximum absolute atomic E-state index is 12.9. The lowest BCUT2D eigenvalue weighted by Gasteiger charge is -2.40. The van der Waals surface area contributed by atoms with E-state index in [1.54, 1.807) is 17.5 Å². The van der Waals surface area contributed by atoms with Crippen LogP contribution in [0.2, 0.25) is 0 Å². The smallest absolute Gasteiger partial charge is 0.255 e. The molecule has 0 spiro atoms. The highest BCUT2D eigenvalue weighted by Gasteiger charge is 2.42. The largest absolute Gasteiger partial charge is 0.379 e. The van der Waals surface area contributed by atoms with Gasteiger partial charge in [0.05, 0.1) is 6.54 Å². The Morgan fingerprint density at radius 2 is 2.15 bits per heavy atom. The summed E-state index contributed by atoms with van der Waals surface area (Å²) in [6.45, 7) is 2.44. The second kappa shape index (κ2) is 8.75. The number of likely N-dealkylation sites (N-methyl/N-ethyl adjacent to an activating group) is 1. The third-order valence-electron chi connectivity index (χ3n) is 4.86. The van der Waals surface area contributed by atoms with Crippen LogP contribution >= 0.6 is 11.3 Å². The van der Waals surface area contributed by atoms with E-state index in [1.165, 1.54) is 5.56 Å². The standard InChI is InChI=1S/C20H27N3O2S/c1-22(15-18-21-11-14-26-18)16-20(25)10-6-13-23(19(20)24)12-5-9-17-7-3-2-4-8-17/h2-4,7-8,11,14,25H,5-6,9-10,12-13,15-16H2,1H3. The van der Waals surface area contributed by atoms with Gasteiger partial charge in [0.1, 0.15) is 5.01 Å². The van der Waals surface area contributed by atoms with Gasteiger partial charge in [-0.2, -0.15) is 0 Å². The molecule has 6 heteroatoms. The summed E-state index contributed by atoms with van der Waals surface area (Å²) in [5.74, 6) is -0.122. The zero-order chi connectivity index (χ0) is 18.4. The van der Waals surface area contributed by atoms with Crippen molar-refractivity contribution in [3.63, 3.8) is 0 Å². The Balaban J connectivity index is 1.52. The van der Waals surface area contributed by atoms with Crippen molar-refractivity contribution in [2.45, 2.75) is 37.8 Å². The normalized spacial score (nSPS) is 20.7. The van der Waals surface area contributed by atoms with Crippen LogP contribution in [0.4, 0.5) is 0 Å². The molecule has 1 aliphatic heterocycles. The van der Waals surface area contributed by atoms with Gasteiger partial charge in [-0.1, -0.05) is 30.3 Å². The summed E-state index contributed by atoms with van der Waals surface area (Å²) < 4.78 is 0. The Hall–Kier alpha value is -1.76. The van der Waals surface area contributed by atoms with Crippen LogP contribution in [0.3, 0.4) is 0 Å². The minimum atomic E-state index is -1.28. The number of benzene rings is 1. The molecule has 3 rings (SSSR count). The predicted molar refractivity (Wildman–Crippen MR) is 104 cm³/mol. The molecule has 0 radical (unpaired) electrons. The number of aromatic nitrogens is 1. The maximum Gasteiger partial charge on any atom is 0.255 e. The molecular formula is C20H27N3O2S. The quantitative estimate of drug-likeness (QED) is 0.773. The second-order valence-corrected chi connectivity index (χ2v) is 8.09. The number of rotatable bonds is 8. The molecule has 1 amide bonds. The van der Waals surface area contributed by atoms with Crippen molar-refractivity contribution in [2.75, 3.05) is 26.7 Å². The van der Waals surface area contributed by atoms with Crippen LogP contribution in [0.25, 0.3) is 0 Å². The molecule has 0 bridgehead atoms. The van der Waals surface area contributed by atoms with Crippen molar-refractivity contribution < 1.29 is 9.90 Å². The monoisotopic (exact) mass is 373 g/mol. The summed E-state index contributed by atoms with van der Waals surface area (Å²) in [6.07, 6.45) is 5.03. The van der Waals surface area contributed by atoms with Crippen molar-refractivity contribution in [1.82, 2.24) is 14.8 Å². The van der Waals surface area contributed by atoms with E-state index in [-0.39, 0.29) is 5.91 Å². The number of amides is 1. The molecule has 1 aromatic carbocycles. The van der Waals surface area contributed by atoms with E-state index in [2.05, 4.69) is 17.1 Å². The van der Waals surface area contributed by atoms with Crippen LogP contribution < -0.4 is 0 Å². The average molecular weight is 374 g/mol. The van der Waals surface area contributed by atoms with E-state index in [1.807, 2.05) is 40.4 Å². The van der Waals surface area contributed by atoms with Crippen LogP contribution in [-0.4, -0.2) is 58.1 Å². The van der Waals surface area contributed by atoms with Gasteiger partial charge in [0.25, 0.3) is 5.91 Å². The number of carbonyl (C=O) groups is 1. The number of aryl methyl sites for hydroxylation is 1. The molecule has 1 fully saturated rings. The van der Waals surface area contributed by atoms with Crippen LogP contribution in [0.15, 0.2) is 41.9 Å². The molecule has 1 aromatic heterocycles. The van der Waals surface area contributed by atoms with Crippen molar-refractivity contribution in [2.24, 2.45) is 0 Å². The van der Waals surface area contributed by atoms with Gasteiger partial charge in [-0.3, -0.25) is 9.69 Å². The fraction of sp³-hybridized carbons (Fsp3) is 0.500.